The number of hydrogen-bond donors (Lipinski definition) is 0. The van der Waals surface area contributed by atoms with Crippen molar-refractivity contribution >= 4 is 6.29 Å². The molecule has 15 heavy (non-hydrogen) atoms. The van der Waals surface area contributed by atoms with Crippen LogP contribution in [0.5, 0.6) is 0 Å². The minimum atomic E-state index is 0.469. The van der Waals surface area contributed by atoms with Crippen molar-refractivity contribution in [3.8, 4) is 0 Å². The first-order chi connectivity index (χ1) is 7.29. The molecule has 0 unspecified atom stereocenters. The molecule has 2 aromatic rings. The Kier molecular flexibility index (Phi) is 2.63. The number of aldehydes is 1. The van der Waals surface area contributed by atoms with Gasteiger partial charge in [0.1, 0.15) is 0 Å². The summed E-state index contributed by atoms with van der Waals surface area (Å²) in [6, 6.07) is 8.22. The van der Waals surface area contributed by atoms with Crippen LogP contribution in [0, 0.1) is 6.92 Å². The Bertz CT molecular complexity index is 474. The summed E-state index contributed by atoms with van der Waals surface area (Å²) in [6.07, 6.45) is 4.22. The van der Waals surface area contributed by atoms with Crippen molar-refractivity contribution in [3.05, 3.63) is 53.6 Å². The minimum Gasteiger partial charge on any atom is -0.324 e. The summed E-state index contributed by atoms with van der Waals surface area (Å²) < 4.78 is 1.84. The molecule has 0 aliphatic rings. The van der Waals surface area contributed by atoms with Crippen LogP contribution in [0.1, 0.15) is 21.7 Å². The zero-order valence-corrected chi connectivity index (χ0v) is 8.55. The molecule has 3 heteroatoms. The Morgan fingerprint density at radius 3 is 3.07 bits per heavy atom. The summed E-state index contributed by atoms with van der Waals surface area (Å²) in [5.74, 6) is 0.469. The highest BCUT2D eigenvalue weighted by Gasteiger charge is 2.01. The molecule has 3 nitrogen and oxygen atoms in total. The van der Waals surface area contributed by atoms with Crippen LogP contribution in [0.4, 0.5) is 0 Å². The molecule has 0 spiro atoms. The van der Waals surface area contributed by atoms with Gasteiger partial charge in [-0.25, -0.2) is 4.98 Å². The Hall–Kier alpha value is -1.90. The second-order valence-electron chi connectivity index (χ2n) is 3.52. The van der Waals surface area contributed by atoms with Crippen LogP contribution in [0.2, 0.25) is 0 Å². The predicted molar refractivity (Wildman–Crippen MR) is 57.9 cm³/mol. The molecule has 1 aromatic heterocycles. The van der Waals surface area contributed by atoms with Crippen molar-refractivity contribution in [2.75, 3.05) is 0 Å². The van der Waals surface area contributed by atoms with Crippen molar-refractivity contribution in [2.45, 2.75) is 13.5 Å². The molecule has 0 aliphatic heterocycles. The fraction of sp³-hybridized carbons (Fsp3) is 0.167. The SMILES string of the molecule is Cc1cccc(Cn2ccnc2C=O)c1. The van der Waals surface area contributed by atoms with E-state index >= 15 is 0 Å². The monoisotopic (exact) mass is 200 g/mol. The number of carbonyl (C=O) groups is 1. The highest BCUT2D eigenvalue weighted by molar-refractivity contribution is 5.69. The summed E-state index contributed by atoms with van der Waals surface area (Å²) in [7, 11) is 0. The smallest absolute Gasteiger partial charge is 0.185 e. The third-order valence-corrected chi connectivity index (χ3v) is 2.29. The van der Waals surface area contributed by atoms with Crippen LogP contribution in [0.15, 0.2) is 36.7 Å². The second-order valence-corrected chi connectivity index (χ2v) is 3.52. The molecular weight excluding hydrogens is 188 g/mol. The van der Waals surface area contributed by atoms with Gasteiger partial charge in [-0.3, -0.25) is 4.79 Å². The lowest BCUT2D eigenvalue weighted by molar-refractivity contribution is 0.111. The number of rotatable bonds is 3. The second kappa shape index (κ2) is 4.09. The highest BCUT2D eigenvalue weighted by Crippen LogP contribution is 2.07. The lowest BCUT2D eigenvalue weighted by Gasteiger charge is -2.04. The van der Waals surface area contributed by atoms with Gasteiger partial charge in [0.05, 0.1) is 0 Å². The summed E-state index contributed by atoms with van der Waals surface area (Å²) in [5, 5.41) is 0. The van der Waals surface area contributed by atoms with Crippen LogP contribution in [0.3, 0.4) is 0 Å². The Labute approximate surface area is 88.4 Å². The number of aryl methyl sites for hydroxylation is 1. The van der Waals surface area contributed by atoms with Gasteiger partial charge in [0.15, 0.2) is 12.1 Å². The molecule has 0 aliphatic carbocycles. The molecular formula is C12H12N2O. The van der Waals surface area contributed by atoms with Gasteiger partial charge in [-0.15, -0.1) is 0 Å². The zero-order valence-electron chi connectivity index (χ0n) is 8.55. The van der Waals surface area contributed by atoms with Gasteiger partial charge in [-0.05, 0) is 12.5 Å². The molecule has 0 saturated carbocycles. The van der Waals surface area contributed by atoms with E-state index in [-0.39, 0.29) is 0 Å². The van der Waals surface area contributed by atoms with Gasteiger partial charge >= 0.3 is 0 Å². The fourth-order valence-corrected chi connectivity index (χ4v) is 1.58. The maximum Gasteiger partial charge on any atom is 0.185 e. The summed E-state index contributed by atoms with van der Waals surface area (Å²) in [6.45, 7) is 2.74. The minimum absolute atomic E-state index is 0.469. The zero-order chi connectivity index (χ0) is 10.7. The number of benzene rings is 1. The summed E-state index contributed by atoms with van der Waals surface area (Å²) >= 11 is 0. The molecule has 0 bridgehead atoms. The van der Waals surface area contributed by atoms with Crippen molar-refractivity contribution in [2.24, 2.45) is 0 Å². The quantitative estimate of drug-likeness (QED) is 0.711. The van der Waals surface area contributed by atoms with Crippen LogP contribution in [-0.2, 0) is 6.54 Å². The molecule has 0 fully saturated rings. The third-order valence-electron chi connectivity index (χ3n) is 2.29. The third kappa shape index (κ3) is 2.13. The molecule has 0 saturated heterocycles. The van der Waals surface area contributed by atoms with Gasteiger partial charge in [0.2, 0.25) is 0 Å². The highest BCUT2D eigenvalue weighted by atomic mass is 16.1. The van der Waals surface area contributed by atoms with E-state index < -0.39 is 0 Å². The van der Waals surface area contributed by atoms with E-state index in [2.05, 4.69) is 24.0 Å². The lowest BCUT2D eigenvalue weighted by atomic mass is 10.1. The van der Waals surface area contributed by atoms with Crippen molar-refractivity contribution in [1.29, 1.82) is 0 Å². The van der Waals surface area contributed by atoms with E-state index in [0.717, 1.165) is 6.29 Å². The number of nitrogens with zero attached hydrogens (tertiary/aromatic N) is 2. The van der Waals surface area contributed by atoms with Crippen molar-refractivity contribution in [1.82, 2.24) is 9.55 Å². The number of aromatic nitrogens is 2. The van der Waals surface area contributed by atoms with Crippen LogP contribution < -0.4 is 0 Å². The van der Waals surface area contributed by atoms with Crippen LogP contribution in [-0.4, -0.2) is 15.8 Å². The van der Waals surface area contributed by atoms with Gasteiger partial charge in [-0.2, -0.15) is 0 Å². The fourth-order valence-electron chi connectivity index (χ4n) is 1.58. The molecule has 0 amide bonds. The topological polar surface area (TPSA) is 34.9 Å². The van der Waals surface area contributed by atoms with Gasteiger partial charge in [0, 0.05) is 18.9 Å². The Balaban J connectivity index is 2.25. The summed E-state index contributed by atoms with van der Waals surface area (Å²) in [5.41, 5.74) is 2.40. The average molecular weight is 200 g/mol. The Morgan fingerprint density at radius 2 is 2.33 bits per heavy atom. The number of imidazole rings is 1. The van der Waals surface area contributed by atoms with Crippen LogP contribution in [0.25, 0.3) is 0 Å². The maximum absolute atomic E-state index is 10.7. The molecule has 1 heterocycles. The molecule has 76 valence electrons. The van der Waals surface area contributed by atoms with Gasteiger partial charge in [-0.1, -0.05) is 29.8 Å². The first-order valence-corrected chi connectivity index (χ1v) is 4.81. The standard InChI is InChI=1S/C12H12N2O/c1-10-3-2-4-11(7-10)8-14-6-5-13-12(14)9-15/h2-7,9H,8H2,1H3. The van der Waals surface area contributed by atoms with Gasteiger partial charge < -0.3 is 4.57 Å². The number of carbonyl (C=O) groups excluding carboxylic acids is 1. The first kappa shape index (κ1) is 9.65. The summed E-state index contributed by atoms with van der Waals surface area (Å²) in [4.78, 5) is 14.6. The van der Waals surface area contributed by atoms with E-state index in [1.54, 1.807) is 6.20 Å². The molecule has 0 atom stereocenters. The van der Waals surface area contributed by atoms with E-state index in [1.165, 1.54) is 11.1 Å². The lowest BCUT2D eigenvalue weighted by Crippen LogP contribution is -2.03. The maximum atomic E-state index is 10.7. The molecule has 2 rings (SSSR count). The van der Waals surface area contributed by atoms with Crippen molar-refractivity contribution < 1.29 is 4.79 Å². The molecule has 1 aromatic carbocycles. The van der Waals surface area contributed by atoms with Gasteiger partial charge in [0.25, 0.3) is 0 Å². The molecule has 0 N–H and O–H groups in total. The first-order valence-electron chi connectivity index (χ1n) is 4.81. The molecule has 0 radical (unpaired) electrons. The van der Waals surface area contributed by atoms with Crippen molar-refractivity contribution in [3.63, 3.8) is 0 Å². The van der Waals surface area contributed by atoms with E-state index in [0.29, 0.717) is 12.4 Å². The van der Waals surface area contributed by atoms with E-state index in [1.807, 2.05) is 22.9 Å². The van der Waals surface area contributed by atoms with E-state index in [9.17, 15) is 4.79 Å². The van der Waals surface area contributed by atoms with E-state index in [4.69, 9.17) is 0 Å². The number of hydrogen-bond acceptors (Lipinski definition) is 2. The Morgan fingerprint density at radius 1 is 1.47 bits per heavy atom. The predicted octanol–water partition coefficient (Wildman–Crippen LogP) is 2.05. The largest absolute Gasteiger partial charge is 0.324 e. The van der Waals surface area contributed by atoms with Crippen LogP contribution >= 0.6 is 0 Å². The average Bonchev–Trinajstić information content (AvgIpc) is 2.65. The normalized spacial score (nSPS) is 10.2.